The molecule has 1 aromatic carbocycles. The maximum absolute atomic E-state index is 14.6. The number of aryl methyl sites for hydroxylation is 1. The molecule has 3 rings (SSSR count). The van der Waals surface area contributed by atoms with Gasteiger partial charge in [-0.2, -0.15) is 0 Å². The number of rotatable bonds is 5. The van der Waals surface area contributed by atoms with Crippen LogP contribution in [0.2, 0.25) is 0 Å². The zero-order valence-electron chi connectivity index (χ0n) is 16.8. The summed E-state index contributed by atoms with van der Waals surface area (Å²) in [4.78, 5) is 28.3. The predicted octanol–water partition coefficient (Wildman–Crippen LogP) is 3.32. The van der Waals surface area contributed by atoms with Gasteiger partial charge in [-0.1, -0.05) is 6.92 Å². The second-order valence-electron chi connectivity index (χ2n) is 7.19. The molecule has 2 heterocycles. The van der Waals surface area contributed by atoms with E-state index in [-0.39, 0.29) is 24.4 Å². The van der Waals surface area contributed by atoms with Crippen LogP contribution in [0.3, 0.4) is 0 Å². The van der Waals surface area contributed by atoms with Crippen LogP contribution in [-0.4, -0.2) is 37.1 Å². The van der Waals surface area contributed by atoms with Crippen molar-refractivity contribution in [2.45, 2.75) is 45.9 Å². The van der Waals surface area contributed by atoms with Crippen LogP contribution in [0, 0.1) is 5.82 Å². The van der Waals surface area contributed by atoms with Gasteiger partial charge in [-0.15, -0.1) is 11.3 Å². The zero-order valence-corrected chi connectivity index (χ0v) is 17.6. The summed E-state index contributed by atoms with van der Waals surface area (Å²) >= 11 is 1.60. The van der Waals surface area contributed by atoms with Gasteiger partial charge < -0.3 is 20.3 Å². The van der Waals surface area contributed by atoms with Crippen LogP contribution < -0.4 is 15.5 Å². The highest BCUT2D eigenvalue weighted by atomic mass is 32.1. The number of amides is 2. The van der Waals surface area contributed by atoms with Crippen LogP contribution in [0.15, 0.2) is 30.3 Å². The first-order chi connectivity index (χ1) is 13.9. The van der Waals surface area contributed by atoms with Crippen molar-refractivity contribution in [1.29, 1.82) is 0 Å². The van der Waals surface area contributed by atoms with Crippen LogP contribution in [-0.2, 0) is 27.3 Å². The molecule has 2 amide bonds. The van der Waals surface area contributed by atoms with E-state index in [9.17, 15) is 14.0 Å². The van der Waals surface area contributed by atoms with Gasteiger partial charge in [0.25, 0.3) is 0 Å². The highest BCUT2D eigenvalue weighted by Crippen LogP contribution is 2.26. The van der Waals surface area contributed by atoms with Gasteiger partial charge in [0.1, 0.15) is 5.82 Å². The van der Waals surface area contributed by atoms with Gasteiger partial charge in [-0.25, -0.2) is 4.39 Å². The molecule has 0 bridgehead atoms. The molecule has 0 spiro atoms. The number of morpholine rings is 1. The van der Waals surface area contributed by atoms with E-state index in [4.69, 9.17) is 4.74 Å². The van der Waals surface area contributed by atoms with E-state index in [1.54, 1.807) is 23.5 Å². The monoisotopic (exact) mass is 419 g/mol. The minimum atomic E-state index is -0.821. The van der Waals surface area contributed by atoms with Crippen molar-refractivity contribution in [3.8, 4) is 0 Å². The van der Waals surface area contributed by atoms with E-state index in [0.29, 0.717) is 18.8 Å². The average molecular weight is 420 g/mol. The lowest BCUT2D eigenvalue weighted by molar-refractivity contribution is -0.136. The van der Waals surface area contributed by atoms with Gasteiger partial charge in [0.15, 0.2) is 0 Å². The second kappa shape index (κ2) is 9.37. The Bertz CT molecular complexity index is 876. The fourth-order valence-electron chi connectivity index (χ4n) is 3.36. The van der Waals surface area contributed by atoms with Gasteiger partial charge in [0.05, 0.1) is 24.4 Å². The first-order valence-corrected chi connectivity index (χ1v) is 10.5. The highest BCUT2D eigenvalue weighted by Gasteiger charge is 2.24. The summed E-state index contributed by atoms with van der Waals surface area (Å²) in [5, 5.41) is 5.04. The van der Waals surface area contributed by atoms with Gasteiger partial charge >= 0.3 is 11.8 Å². The molecule has 8 heteroatoms. The Morgan fingerprint density at radius 1 is 1.14 bits per heavy atom. The van der Waals surface area contributed by atoms with Crippen molar-refractivity contribution in [3.05, 3.63) is 45.9 Å². The second-order valence-corrected chi connectivity index (χ2v) is 8.44. The average Bonchev–Trinajstić information content (AvgIpc) is 3.13. The number of halogens is 1. The van der Waals surface area contributed by atoms with Crippen molar-refractivity contribution in [1.82, 2.24) is 5.32 Å². The summed E-state index contributed by atoms with van der Waals surface area (Å²) in [6.07, 6.45) is 0.957. The van der Waals surface area contributed by atoms with Gasteiger partial charge in [-0.3, -0.25) is 9.59 Å². The van der Waals surface area contributed by atoms with Crippen LogP contribution in [0.25, 0.3) is 0 Å². The molecule has 1 saturated heterocycles. The van der Waals surface area contributed by atoms with E-state index in [1.165, 1.54) is 10.9 Å². The van der Waals surface area contributed by atoms with Crippen molar-refractivity contribution >= 4 is 34.5 Å². The largest absolute Gasteiger partial charge is 0.372 e. The number of carbonyl (C=O) groups is 2. The third-order valence-electron chi connectivity index (χ3n) is 4.66. The molecule has 0 radical (unpaired) electrons. The normalized spacial score (nSPS) is 19.1. The van der Waals surface area contributed by atoms with Crippen LogP contribution in [0.1, 0.15) is 30.5 Å². The number of nitrogens with one attached hydrogen (secondary N) is 2. The molecule has 0 saturated carbocycles. The first kappa shape index (κ1) is 21.3. The number of nitrogens with zero attached hydrogens (tertiary/aromatic N) is 1. The lowest BCUT2D eigenvalue weighted by atomic mass is 10.2. The number of hydrogen-bond acceptors (Lipinski definition) is 5. The van der Waals surface area contributed by atoms with Gasteiger partial charge in [0.2, 0.25) is 0 Å². The lowest BCUT2D eigenvalue weighted by Gasteiger charge is -2.37. The number of carbonyl (C=O) groups excluding carboxylic acids is 2. The Balaban J connectivity index is 1.57. The quantitative estimate of drug-likeness (QED) is 0.730. The summed E-state index contributed by atoms with van der Waals surface area (Å²) in [6, 6.07) is 8.39. The number of hydrogen-bond donors (Lipinski definition) is 2. The molecule has 0 unspecified atom stereocenters. The van der Waals surface area contributed by atoms with Gasteiger partial charge in [-0.05, 0) is 50.6 Å². The van der Waals surface area contributed by atoms with E-state index in [1.807, 2.05) is 30.9 Å². The smallest absolute Gasteiger partial charge is 0.313 e. The number of benzene rings is 1. The molecular formula is C21H26FN3O3S. The fraction of sp³-hybridized carbons (Fsp3) is 0.429. The molecule has 1 fully saturated rings. The molecule has 0 aliphatic carbocycles. The Morgan fingerprint density at radius 3 is 2.45 bits per heavy atom. The molecule has 156 valence electrons. The van der Waals surface area contributed by atoms with E-state index >= 15 is 0 Å². The number of thiophene rings is 1. The highest BCUT2D eigenvalue weighted by molar-refractivity contribution is 7.11. The van der Waals surface area contributed by atoms with Crippen LogP contribution >= 0.6 is 11.3 Å². The Hall–Kier alpha value is -2.45. The summed E-state index contributed by atoms with van der Waals surface area (Å²) in [5.41, 5.74) is 0.698. The molecule has 1 aliphatic heterocycles. The molecule has 6 nitrogen and oxygen atoms in total. The van der Waals surface area contributed by atoms with Crippen molar-refractivity contribution in [3.63, 3.8) is 0 Å². The van der Waals surface area contributed by atoms with E-state index in [0.717, 1.165) is 11.3 Å². The van der Waals surface area contributed by atoms with Crippen molar-refractivity contribution in [2.75, 3.05) is 23.3 Å². The summed E-state index contributed by atoms with van der Waals surface area (Å²) in [6.45, 7) is 7.44. The minimum absolute atomic E-state index is 0.0120. The third-order valence-corrected chi connectivity index (χ3v) is 5.89. The molecule has 1 aliphatic rings. The lowest BCUT2D eigenvalue weighted by Crippen LogP contribution is -2.45. The SMILES string of the molecule is CCc1ccc(CNC(=O)C(=O)Nc2ccc(N3C[C@@H](C)O[C@@H](C)C3)c(F)c2)s1. The molecular weight excluding hydrogens is 393 g/mol. The molecule has 2 aromatic rings. The zero-order chi connectivity index (χ0) is 21.0. The Labute approximate surface area is 174 Å². The fourth-order valence-corrected chi connectivity index (χ4v) is 4.26. The summed E-state index contributed by atoms with van der Waals surface area (Å²) in [7, 11) is 0. The maximum atomic E-state index is 14.6. The van der Waals surface area contributed by atoms with Crippen molar-refractivity contribution in [2.24, 2.45) is 0 Å². The number of ether oxygens (including phenoxy) is 1. The molecule has 29 heavy (non-hydrogen) atoms. The summed E-state index contributed by atoms with van der Waals surface area (Å²) in [5.74, 6) is -2.02. The number of anilines is 2. The van der Waals surface area contributed by atoms with E-state index in [2.05, 4.69) is 17.6 Å². The molecule has 2 atom stereocenters. The topological polar surface area (TPSA) is 70.7 Å². The summed E-state index contributed by atoms with van der Waals surface area (Å²) < 4.78 is 20.3. The molecule has 1 aromatic heterocycles. The standard InChI is InChI=1S/C21H26FN3O3S/c1-4-16-6-7-17(29-16)10-23-20(26)21(27)24-15-5-8-19(18(22)9-15)25-11-13(2)28-14(3)12-25/h5-9,13-14H,4,10-12H2,1-3H3,(H,23,26)(H,24,27)/t13-,14+. The predicted molar refractivity (Wildman–Crippen MR) is 113 cm³/mol. The van der Waals surface area contributed by atoms with E-state index < -0.39 is 17.6 Å². The van der Waals surface area contributed by atoms with Crippen LogP contribution in [0.5, 0.6) is 0 Å². The molecule has 2 N–H and O–H groups in total. The Morgan fingerprint density at radius 2 is 1.83 bits per heavy atom. The first-order valence-electron chi connectivity index (χ1n) is 9.72. The van der Waals surface area contributed by atoms with Crippen molar-refractivity contribution < 1.29 is 18.7 Å². The van der Waals surface area contributed by atoms with Gasteiger partial charge in [0, 0.05) is 28.5 Å². The van der Waals surface area contributed by atoms with Crippen LogP contribution in [0.4, 0.5) is 15.8 Å². The third kappa shape index (κ3) is 5.55. The minimum Gasteiger partial charge on any atom is -0.372 e. The maximum Gasteiger partial charge on any atom is 0.313 e. The Kier molecular flexibility index (Phi) is 6.87.